The first-order chi connectivity index (χ1) is 26.8. The van der Waals surface area contributed by atoms with Crippen molar-refractivity contribution in [1.29, 1.82) is 0 Å². The Bertz CT molecular complexity index is 1690. The van der Waals surface area contributed by atoms with Crippen LogP contribution >= 0.6 is 0 Å². The van der Waals surface area contributed by atoms with Crippen LogP contribution < -0.4 is 9.98 Å². The fourth-order valence-electron chi connectivity index (χ4n) is 7.68. The predicted octanol–water partition coefficient (Wildman–Crippen LogP) is 11.1. The predicted molar refractivity (Wildman–Crippen MR) is 239 cm³/mol. The van der Waals surface area contributed by atoms with E-state index in [1.165, 1.54) is 88.8 Å². The Kier molecular flexibility index (Phi) is 20.8. The molecule has 306 valence electrons. The Morgan fingerprint density at radius 3 is 1.79 bits per heavy atom. The number of hydrogen-bond acceptors (Lipinski definition) is 3. The van der Waals surface area contributed by atoms with E-state index in [-0.39, 0.29) is 10.8 Å². The number of ether oxygens (including phenoxy) is 3. The lowest BCUT2D eigenvalue weighted by atomic mass is 9.72. The number of aryl methyl sites for hydroxylation is 1. The van der Waals surface area contributed by atoms with Crippen LogP contribution in [0.15, 0.2) is 112 Å². The molecule has 3 rings (SSSR count). The Balaban J connectivity index is 1.67. The van der Waals surface area contributed by atoms with Gasteiger partial charge in [0.2, 0.25) is 5.69 Å². The Labute approximate surface area is 341 Å². The molecule has 0 amide bonds. The topological polar surface area (TPSA) is 57.2 Å². The minimum atomic E-state index is 0.251. The Morgan fingerprint density at radius 2 is 1.23 bits per heavy atom. The fraction of sp³-hybridized carbons (Fsp3) is 0.529. The van der Waals surface area contributed by atoms with Crippen molar-refractivity contribution in [3.8, 4) is 0 Å². The summed E-state index contributed by atoms with van der Waals surface area (Å²) in [6, 6.07) is 4.48. The zero-order chi connectivity index (χ0) is 40.8. The molecule has 2 aliphatic rings. The Hall–Kier alpha value is -3.64. The molecule has 0 saturated carbocycles. The molecule has 1 aromatic heterocycles. The van der Waals surface area contributed by atoms with Gasteiger partial charge in [-0.15, -0.1) is 0 Å². The summed E-state index contributed by atoms with van der Waals surface area (Å²) in [4.78, 5) is 0. The molecule has 0 spiro atoms. The van der Waals surface area contributed by atoms with Gasteiger partial charge in [-0.3, -0.25) is 5.41 Å². The first-order valence-electron chi connectivity index (χ1n) is 21.3. The summed E-state index contributed by atoms with van der Waals surface area (Å²) in [6.45, 7) is 25.3. The highest BCUT2D eigenvalue weighted by Gasteiger charge is 2.27. The molecule has 2 N–H and O–H groups in total. The maximum Gasteiger partial charge on any atom is 0.206 e. The summed E-state index contributed by atoms with van der Waals surface area (Å²) in [5, 5.41) is 5.40. The average Bonchev–Trinajstić information content (AvgIpc) is 3.13. The van der Waals surface area contributed by atoms with Crippen molar-refractivity contribution in [3.05, 3.63) is 123 Å². The van der Waals surface area contributed by atoms with E-state index in [0.29, 0.717) is 39.6 Å². The van der Waals surface area contributed by atoms with E-state index < -0.39 is 0 Å². The summed E-state index contributed by atoms with van der Waals surface area (Å²) in [7, 11) is 0. The van der Waals surface area contributed by atoms with Crippen molar-refractivity contribution >= 4 is 18.4 Å². The standard InChI is InChI=1S/C51H75N2O3/c1-41(23-25-48-44(4)20-14-28-50(48,6)7)17-12-19-43(3)39-47-40-46(22-13-18-42(2)24-26-49-45(5)21-15-29-51(49,8)9)27-32-53(47)31-16-34-55-36-38-56-37-35-54-33-11-10-30-52/h12-13,17-19,22-27,30,32,39-40,52H,10-11,14-16,20-21,28-29,31,33-38H2,1-9H3/q+1/p+1/b19-12+,22-13+,25-23+,26-24+,41-17+,42-18+,43-39+,52-30?. The minimum Gasteiger partial charge on any atom is -0.379 e. The molecule has 5 heteroatoms. The number of rotatable bonds is 23. The minimum absolute atomic E-state index is 0.251. The van der Waals surface area contributed by atoms with E-state index in [1.807, 2.05) is 0 Å². The number of nitrogens with zero attached hydrogens (tertiary/aromatic N) is 1. The molecule has 0 fully saturated rings. The number of nitrogens with two attached hydrogens (primary N) is 1. The second-order valence-electron chi connectivity index (χ2n) is 17.1. The molecule has 0 atom stereocenters. The SMILES string of the molecule is CC1=C(/C=C/C(C)=C/C=C/C(C)=C/c2cc(/C=C/C=C(C)/C=C/C3=C(C)CCCC3(C)C)cc[n+]2CCCOCCOCCOCCCC=[NH2+])C(C)(C)CCC1. The van der Waals surface area contributed by atoms with Crippen LogP contribution in [0.1, 0.15) is 131 Å². The summed E-state index contributed by atoms with van der Waals surface area (Å²) in [6.07, 6.45) is 38.8. The normalized spacial score (nSPS) is 18.5. The lowest BCUT2D eigenvalue weighted by Crippen LogP contribution is -2.37. The Morgan fingerprint density at radius 1 is 0.696 bits per heavy atom. The molecule has 1 heterocycles. The molecule has 1 aromatic rings. The van der Waals surface area contributed by atoms with Crippen molar-refractivity contribution < 1.29 is 24.2 Å². The maximum atomic E-state index is 5.90. The van der Waals surface area contributed by atoms with Gasteiger partial charge in [-0.05, 0) is 113 Å². The van der Waals surface area contributed by atoms with Crippen molar-refractivity contribution in [2.24, 2.45) is 10.8 Å². The van der Waals surface area contributed by atoms with Crippen molar-refractivity contribution in [1.82, 2.24) is 0 Å². The second kappa shape index (κ2) is 24.9. The molecule has 56 heavy (non-hydrogen) atoms. The van der Waals surface area contributed by atoms with Crippen molar-refractivity contribution in [2.75, 3.05) is 39.6 Å². The van der Waals surface area contributed by atoms with Gasteiger partial charge in [-0.2, -0.15) is 4.57 Å². The molecular formula is C51H76N2O3+2. The smallest absolute Gasteiger partial charge is 0.206 e. The summed E-state index contributed by atoms with van der Waals surface area (Å²) in [5.74, 6) is 0. The first kappa shape index (κ1) is 46.7. The van der Waals surface area contributed by atoms with Gasteiger partial charge in [-0.1, -0.05) is 111 Å². The molecule has 0 aliphatic heterocycles. The fourth-order valence-corrected chi connectivity index (χ4v) is 7.68. The zero-order valence-corrected chi connectivity index (χ0v) is 36.7. The van der Waals surface area contributed by atoms with E-state index in [1.54, 1.807) is 6.21 Å². The lowest BCUT2D eigenvalue weighted by Gasteiger charge is -2.33. The third-order valence-electron chi connectivity index (χ3n) is 11.0. The number of unbranched alkanes of at least 4 members (excludes halogenated alkanes) is 1. The van der Waals surface area contributed by atoms with Gasteiger partial charge < -0.3 is 14.2 Å². The van der Waals surface area contributed by atoms with Gasteiger partial charge in [0.15, 0.2) is 12.7 Å². The number of allylic oxidation sites excluding steroid dienone is 16. The van der Waals surface area contributed by atoms with Crippen LogP contribution in [0.2, 0.25) is 0 Å². The van der Waals surface area contributed by atoms with Gasteiger partial charge in [0, 0.05) is 37.7 Å². The van der Waals surface area contributed by atoms with Gasteiger partial charge >= 0.3 is 0 Å². The largest absolute Gasteiger partial charge is 0.379 e. The van der Waals surface area contributed by atoms with Gasteiger partial charge in [0.1, 0.15) is 6.21 Å². The van der Waals surface area contributed by atoms with E-state index in [9.17, 15) is 0 Å². The maximum absolute atomic E-state index is 5.90. The molecule has 0 unspecified atom stereocenters. The second-order valence-corrected chi connectivity index (χ2v) is 17.1. The molecule has 0 saturated heterocycles. The van der Waals surface area contributed by atoms with Crippen molar-refractivity contribution in [2.45, 2.75) is 127 Å². The average molecular weight is 765 g/mol. The molecule has 0 radical (unpaired) electrons. The van der Waals surface area contributed by atoms with E-state index in [4.69, 9.17) is 19.6 Å². The van der Waals surface area contributed by atoms with Crippen LogP contribution in [0.3, 0.4) is 0 Å². The van der Waals surface area contributed by atoms with E-state index in [0.717, 1.165) is 25.8 Å². The van der Waals surface area contributed by atoms with Crippen LogP contribution in [0.25, 0.3) is 12.2 Å². The molecule has 2 aliphatic carbocycles. The number of hydrogen-bond donors (Lipinski definition) is 1. The monoisotopic (exact) mass is 765 g/mol. The molecular weight excluding hydrogens is 689 g/mol. The van der Waals surface area contributed by atoms with Crippen LogP contribution in [0, 0.1) is 10.8 Å². The zero-order valence-electron chi connectivity index (χ0n) is 36.7. The third kappa shape index (κ3) is 17.2. The number of aromatic nitrogens is 1. The van der Waals surface area contributed by atoms with Crippen molar-refractivity contribution in [3.63, 3.8) is 0 Å². The first-order valence-corrected chi connectivity index (χ1v) is 21.3. The van der Waals surface area contributed by atoms with Crippen LogP contribution in [-0.4, -0.2) is 45.9 Å². The molecule has 0 aromatic carbocycles. The highest BCUT2D eigenvalue weighted by atomic mass is 16.5. The molecule has 5 nitrogen and oxygen atoms in total. The van der Waals surface area contributed by atoms with E-state index in [2.05, 4.69) is 152 Å². The summed E-state index contributed by atoms with van der Waals surface area (Å²) >= 11 is 0. The van der Waals surface area contributed by atoms with Crippen LogP contribution in [0.4, 0.5) is 0 Å². The highest BCUT2D eigenvalue weighted by molar-refractivity contribution is 5.57. The summed E-state index contributed by atoms with van der Waals surface area (Å²) < 4.78 is 19.4. The number of pyridine rings is 1. The summed E-state index contributed by atoms with van der Waals surface area (Å²) in [5.41, 5.74) is 12.6. The van der Waals surface area contributed by atoms with Gasteiger partial charge in [0.05, 0.1) is 33.0 Å². The highest BCUT2D eigenvalue weighted by Crippen LogP contribution is 2.41. The van der Waals surface area contributed by atoms with Crippen LogP contribution in [-0.2, 0) is 20.8 Å². The van der Waals surface area contributed by atoms with Gasteiger partial charge in [0.25, 0.3) is 0 Å². The quantitative estimate of drug-likeness (QED) is 0.0522. The lowest BCUT2D eigenvalue weighted by molar-refractivity contribution is -0.699. The van der Waals surface area contributed by atoms with E-state index >= 15 is 0 Å². The van der Waals surface area contributed by atoms with Gasteiger partial charge in [-0.25, -0.2) is 0 Å². The molecule has 0 bridgehead atoms. The third-order valence-corrected chi connectivity index (χ3v) is 11.0. The van der Waals surface area contributed by atoms with Crippen LogP contribution in [0.5, 0.6) is 0 Å².